The van der Waals surface area contributed by atoms with Gasteiger partial charge < -0.3 is 14.4 Å². The zero-order valence-corrected chi connectivity index (χ0v) is 11.8. The third-order valence-corrected chi connectivity index (χ3v) is 3.56. The van der Waals surface area contributed by atoms with Crippen molar-refractivity contribution in [2.24, 2.45) is 5.11 Å². The summed E-state index contributed by atoms with van der Waals surface area (Å²) in [6.45, 7) is 0.361. The first-order chi connectivity index (χ1) is 10.6. The summed E-state index contributed by atoms with van der Waals surface area (Å²) < 4.78 is 10.5. The Morgan fingerprint density at radius 1 is 1.45 bits per heavy atom. The lowest BCUT2D eigenvalue weighted by Gasteiger charge is -2.27. The minimum Gasteiger partial charge on any atom is -0.481 e. The van der Waals surface area contributed by atoms with Crippen molar-refractivity contribution in [2.75, 3.05) is 36.5 Å². The van der Waals surface area contributed by atoms with Crippen LogP contribution in [0.25, 0.3) is 10.4 Å². The summed E-state index contributed by atoms with van der Waals surface area (Å²) in [7, 11) is 1.67. The van der Waals surface area contributed by atoms with Gasteiger partial charge in [-0.15, -0.1) is 0 Å². The van der Waals surface area contributed by atoms with Crippen LogP contribution < -0.4 is 14.5 Å². The van der Waals surface area contributed by atoms with E-state index in [1.165, 1.54) is 9.80 Å². The Morgan fingerprint density at radius 2 is 2.27 bits per heavy atom. The van der Waals surface area contributed by atoms with Crippen molar-refractivity contribution in [3.05, 3.63) is 28.6 Å². The summed E-state index contributed by atoms with van der Waals surface area (Å²) in [6.07, 6.45) is -0.970. The maximum Gasteiger partial charge on any atom is 0.414 e. The molecular formula is C13H13N5O4. The number of carbonyl (C=O) groups is 2. The largest absolute Gasteiger partial charge is 0.481 e. The minimum atomic E-state index is -0.502. The molecule has 0 radical (unpaired) electrons. The second-order valence-corrected chi connectivity index (χ2v) is 4.92. The molecule has 1 aromatic rings. The number of anilines is 2. The summed E-state index contributed by atoms with van der Waals surface area (Å²) in [5.74, 6) is 0.404. The smallest absolute Gasteiger partial charge is 0.414 e. The van der Waals surface area contributed by atoms with Gasteiger partial charge in [0, 0.05) is 18.0 Å². The molecule has 0 bridgehead atoms. The van der Waals surface area contributed by atoms with Crippen molar-refractivity contribution >= 4 is 23.4 Å². The fourth-order valence-corrected chi connectivity index (χ4v) is 2.39. The lowest BCUT2D eigenvalue weighted by atomic mass is 10.2. The molecule has 0 aromatic heterocycles. The highest BCUT2D eigenvalue weighted by Gasteiger charge is 2.33. The predicted octanol–water partition coefficient (Wildman–Crippen LogP) is 1.68. The zero-order chi connectivity index (χ0) is 15.7. The number of hydrogen-bond acceptors (Lipinski definition) is 5. The van der Waals surface area contributed by atoms with Crippen LogP contribution in [0.4, 0.5) is 16.2 Å². The monoisotopic (exact) mass is 303 g/mol. The summed E-state index contributed by atoms with van der Waals surface area (Å²) >= 11 is 0. The number of fused-ring (bicyclic) bond motifs is 1. The molecule has 114 valence electrons. The fourth-order valence-electron chi connectivity index (χ4n) is 2.39. The van der Waals surface area contributed by atoms with E-state index in [-0.39, 0.29) is 19.1 Å². The molecule has 2 aliphatic heterocycles. The Morgan fingerprint density at radius 3 is 3.05 bits per heavy atom. The third kappa shape index (κ3) is 2.38. The maximum atomic E-state index is 11.9. The Labute approximate surface area is 125 Å². The number of ether oxygens (including phenoxy) is 2. The van der Waals surface area contributed by atoms with Gasteiger partial charge in [-0.3, -0.25) is 9.69 Å². The van der Waals surface area contributed by atoms with Crippen molar-refractivity contribution in [3.8, 4) is 5.75 Å². The molecule has 1 atom stereocenters. The highest BCUT2D eigenvalue weighted by molar-refractivity contribution is 5.98. The number of hydrogen-bond donors (Lipinski definition) is 0. The molecule has 2 aliphatic rings. The molecule has 9 nitrogen and oxygen atoms in total. The van der Waals surface area contributed by atoms with Gasteiger partial charge in [0.05, 0.1) is 24.5 Å². The Hall–Kier alpha value is -2.93. The van der Waals surface area contributed by atoms with E-state index < -0.39 is 12.2 Å². The van der Waals surface area contributed by atoms with Crippen molar-refractivity contribution in [3.63, 3.8) is 0 Å². The first-order valence-electron chi connectivity index (χ1n) is 6.62. The van der Waals surface area contributed by atoms with Crippen molar-refractivity contribution in [2.45, 2.75) is 6.10 Å². The van der Waals surface area contributed by atoms with Crippen LogP contribution in [0.2, 0.25) is 0 Å². The molecule has 1 aromatic carbocycles. The number of amides is 2. The quantitative estimate of drug-likeness (QED) is 0.480. The molecule has 1 fully saturated rings. The molecule has 3 rings (SSSR count). The van der Waals surface area contributed by atoms with E-state index in [1.54, 1.807) is 25.2 Å². The maximum absolute atomic E-state index is 11.9. The number of carbonyl (C=O) groups excluding carboxylic acids is 2. The lowest BCUT2D eigenvalue weighted by molar-refractivity contribution is -0.120. The van der Waals surface area contributed by atoms with E-state index in [0.29, 0.717) is 23.7 Å². The highest BCUT2D eigenvalue weighted by Crippen LogP contribution is 2.35. The topological polar surface area (TPSA) is 108 Å². The molecule has 2 amide bonds. The Bertz CT molecular complexity index is 685. The first-order valence-corrected chi connectivity index (χ1v) is 6.62. The average Bonchev–Trinajstić information content (AvgIpc) is 2.89. The average molecular weight is 303 g/mol. The van der Waals surface area contributed by atoms with Crippen LogP contribution in [0, 0.1) is 0 Å². The highest BCUT2D eigenvalue weighted by atomic mass is 16.6. The van der Waals surface area contributed by atoms with E-state index in [2.05, 4.69) is 10.0 Å². The minimum absolute atomic E-state index is 0.0308. The second-order valence-electron chi connectivity index (χ2n) is 4.92. The van der Waals surface area contributed by atoms with Crippen LogP contribution in [-0.2, 0) is 9.53 Å². The predicted molar refractivity (Wildman–Crippen MR) is 77.0 cm³/mol. The van der Waals surface area contributed by atoms with Crippen LogP contribution in [0.1, 0.15) is 0 Å². The van der Waals surface area contributed by atoms with Crippen molar-refractivity contribution in [1.29, 1.82) is 0 Å². The second kappa shape index (κ2) is 5.45. The summed E-state index contributed by atoms with van der Waals surface area (Å²) in [6, 6.07) is 5.12. The SMILES string of the molecule is CN1C(=O)COc2cc(N3C[C@H](CN=[N+]=[N-])OC3=O)ccc21. The van der Waals surface area contributed by atoms with Crippen LogP contribution >= 0.6 is 0 Å². The fraction of sp³-hybridized carbons (Fsp3) is 0.385. The number of azide groups is 1. The molecule has 0 N–H and O–H groups in total. The van der Waals surface area contributed by atoms with Crippen LogP contribution in [0.5, 0.6) is 5.75 Å². The number of likely N-dealkylation sites (N-methyl/N-ethyl adjacent to an activating group) is 1. The van der Waals surface area contributed by atoms with E-state index in [9.17, 15) is 9.59 Å². The van der Waals surface area contributed by atoms with E-state index in [1.807, 2.05) is 0 Å². The molecular weight excluding hydrogens is 290 g/mol. The number of cyclic esters (lactones) is 1. The number of nitrogens with zero attached hydrogens (tertiary/aromatic N) is 5. The van der Waals surface area contributed by atoms with Gasteiger partial charge in [0.15, 0.2) is 6.61 Å². The third-order valence-electron chi connectivity index (χ3n) is 3.56. The first kappa shape index (κ1) is 14.0. The molecule has 0 aliphatic carbocycles. The van der Waals surface area contributed by atoms with E-state index >= 15 is 0 Å². The van der Waals surface area contributed by atoms with Crippen LogP contribution in [-0.4, -0.2) is 44.8 Å². The van der Waals surface area contributed by atoms with E-state index in [0.717, 1.165) is 0 Å². The summed E-state index contributed by atoms with van der Waals surface area (Å²) in [4.78, 5) is 29.1. The Balaban J connectivity index is 1.83. The molecule has 0 unspecified atom stereocenters. The van der Waals surface area contributed by atoms with Crippen LogP contribution in [0.15, 0.2) is 23.3 Å². The molecule has 0 saturated carbocycles. The zero-order valence-electron chi connectivity index (χ0n) is 11.8. The summed E-state index contributed by atoms with van der Waals surface area (Å²) in [5.41, 5.74) is 9.57. The van der Waals surface area contributed by atoms with Gasteiger partial charge in [-0.2, -0.15) is 0 Å². The van der Waals surface area contributed by atoms with Gasteiger partial charge in [-0.05, 0) is 17.7 Å². The molecule has 22 heavy (non-hydrogen) atoms. The number of benzene rings is 1. The lowest BCUT2D eigenvalue weighted by Crippen LogP contribution is -2.35. The van der Waals surface area contributed by atoms with Gasteiger partial charge in [-0.25, -0.2) is 4.79 Å². The van der Waals surface area contributed by atoms with Gasteiger partial charge >= 0.3 is 6.09 Å². The van der Waals surface area contributed by atoms with Crippen molar-refractivity contribution < 1.29 is 19.1 Å². The normalized spacial score (nSPS) is 20.1. The summed E-state index contributed by atoms with van der Waals surface area (Å²) in [5, 5.41) is 3.41. The van der Waals surface area contributed by atoms with Crippen molar-refractivity contribution in [1.82, 2.24) is 0 Å². The standard InChI is InChI=1S/C13H13N5O4/c1-17-10-3-2-8(4-11(10)21-7-12(17)19)18-6-9(5-15-16-14)22-13(18)20/h2-4,9H,5-7H2,1H3/t9-/m0/s1. The van der Waals surface area contributed by atoms with Gasteiger partial charge in [0.1, 0.15) is 11.9 Å². The molecule has 0 spiro atoms. The van der Waals surface area contributed by atoms with Crippen LogP contribution in [0.3, 0.4) is 0 Å². The Kier molecular flexibility index (Phi) is 3.48. The van der Waals surface area contributed by atoms with Gasteiger partial charge in [-0.1, -0.05) is 5.11 Å². The molecule has 1 saturated heterocycles. The van der Waals surface area contributed by atoms with Gasteiger partial charge in [0.2, 0.25) is 0 Å². The molecule has 9 heteroatoms. The number of rotatable bonds is 3. The van der Waals surface area contributed by atoms with E-state index in [4.69, 9.17) is 15.0 Å². The van der Waals surface area contributed by atoms with Gasteiger partial charge in [0.25, 0.3) is 5.91 Å². The molecule has 2 heterocycles.